The first-order valence-electron chi connectivity index (χ1n) is 10.2. The zero-order chi connectivity index (χ0) is 22.5. The van der Waals surface area contributed by atoms with Gasteiger partial charge in [0.2, 0.25) is 5.91 Å². The van der Waals surface area contributed by atoms with Crippen LogP contribution in [0.2, 0.25) is 0 Å². The molecule has 1 aliphatic carbocycles. The molecule has 0 saturated carbocycles. The Bertz CT molecular complexity index is 1140. The Kier molecular flexibility index (Phi) is 6.96. The second-order valence-electron chi connectivity index (χ2n) is 7.20. The first-order chi connectivity index (χ1) is 15.5. The van der Waals surface area contributed by atoms with E-state index in [1.807, 2.05) is 6.07 Å². The molecule has 2 heterocycles. The molecule has 7 nitrogen and oxygen atoms in total. The van der Waals surface area contributed by atoms with Crippen molar-refractivity contribution >= 4 is 51.6 Å². The Morgan fingerprint density at radius 3 is 2.75 bits per heavy atom. The summed E-state index contributed by atoms with van der Waals surface area (Å²) in [5.41, 5.74) is 2.11. The monoisotopic (exact) mass is 470 g/mol. The van der Waals surface area contributed by atoms with Crippen molar-refractivity contribution in [1.29, 1.82) is 0 Å². The van der Waals surface area contributed by atoms with Crippen molar-refractivity contribution in [3.63, 3.8) is 0 Å². The molecule has 2 aromatic heterocycles. The highest BCUT2D eigenvalue weighted by atomic mass is 32.2. The quantitative estimate of drug-likeness (QED) is 0.373. The number of esters is 1. The van der Waals surface area contributed by atoms with Crippen LogP contribution in [0.1, 0.15) is 44.2 Å². The van der Waals surface area contributed by atoms with E-state index in [2.05, 4.69) is 10.6 Å². The van der Waals surface area contributed by atoms with Gasteiger partial charge in [0.1, 0.15) is 5.00 Å². The van der Waals surface area contributed by atoms with E-state index in [9.17, 15) is 14.4 Å². The van der Waals surface area contributed by atoms with E-state index >= 15 is 0 Å². The van der Waals surface area contributed by atoms with E-state index in [0.717, 1.165) is 41.0 Å². The first-order valence-corrected chi connectivity index (χ1v) is 12.0. The summed E-state index contributed by atoms with van der Waals surface area (Å²) in [6.45, 7) is 0. The second-order valence-corrected chi connectivity index (χ2v) is 9.36. The first kappa shape index (κ1) is 22.2. The number of rotatable bonds is 7. The van der Waals surface area contributed by atoms with Gasteiger partial charge in [0.15, 0.2) is 5.76 Å². The number of hydrogen-bond acceptors (Lipinski definition) is 7. The minimum absolute atomic E-state index is 0.165. The number of fused-ring (bicyclic) bond motifs is 1. The van der Waals surface area contributed by atoms with E-state index in [1.165, 1.54) is 36.5 Å². The van der Waals surface area contributed by atoms with Crippen molar-refractivity contribution in [2.45, 2.75) is 30.6 Å². The van der Waals surface area contributed by atoms with Crippen molar-refractivity contribution in [2.75, 3.05) is 23.5 Å². The number of furan rings is 1. The lowest BCUT2D eigenvalue weighted by molar-refractivity contribution is -0.113. The minimum atomic E-state index is -0.410. The summed E-state index contributed by atoms with van der Waals surface area (Å²) < 4.78 is 10.0. The number of methoxy groups -OCH3 is 1. The third-order valence-electron chi connectivity index (χ3n) is 5.02. The third-order valence-corrected chi connectivity index (χ3v) is 7.22. The van der Waals surface area contributed by atoms with Gasteiger partial charge in [-0.3, -0.25) is 9.59 Å². The van der Waals surface area contributed by atoms with E-state index in [0.29, 0.717) is 16.3 Å². The van der Waals surface area contributed by atoms with Gasteiger partial charge in [0.05, 0.1) is 24.7 Å². The number of benzene rings is 1. The SMILES string of the molecule is COC(=O)c1c(NC(=O)CSc2cccc(NC(=O)c3ccco3)c2)sc2c1CCCC2. The largest absolute Gasteiger partial charge is 0.465 e. The zero-order valence-corrected chi connectivity index (χ0v) is 19.1. The highest BCUT2D eigenvalue weighted by Crippen LogP contribution is 2.38. The Morgan fingerprint density at radius 2 is 1.97 bits per heavy atom. The maximum atomic E-state index is 12.6. The summed E-state index contributed by atoms with van der Waals surface area (Å²) in [4.78, 5) is 39.1. The van der Waals surface area contributed by atoms with Crippen LogP contribution in [0.5, 0.6) is 0 Å². The average molecular weight is 471 g/mol. The maximum Gasteiger partial charge on any atom is 0.341 e. The van der Waals surface area contributed by atoms with Gasteiger partial charge >= 0.3 is 5.97 Å². The fraction of sp³-hybridized carbons (Fsp3) is 0.261. The summed E-state index contributed by atoms with van der Waals surface area (Å²) in [6.07, 6.45) is 5.31. The van der Waals surface area contributed by atoms with Gasteiger partial charge in [-0.2, -0.15) is 0 Å². The van der Waals surface area contributed by atoms with Crippen LogP contribution in [0.25, 0.3) is 0 Å². The van der Waals surface area contributed by atoms with Crippen LogP contribution in [0.4, 0.5) is 10.7 Å². The summed E-state index contributed by atoms with van der Waals surface area (Å²) >= 11 is 2.81. The van der Waals surface area contributed by atoms with E-state index in [1.54, 1.807) is 30.3 Å². The van der Waals surface area contributed by atoms with Crippen molar-refractivity contribution in [2.24, 2.45) is 0 Å². The number of nitrogens with one attached hydrogen (secondary N) is 2. The van der Waals surface area contributed by atoms with Gasteiger partial charge in [0, 0.05) is 15.5 Å². The molecule has 0 radical (unpaired) electrons. The minimum Gasteiger partial charge on any atom is -0.465 e. The van der Waals surface area contributed by atoms with Crippen molar-refractivity contribution < 1.29 is 23.5 Å². The van der Waals surface area contributed by atoms with Crippen molar-refractivity contribution in [3.8, 4) is 0 Å². The number of aryl methyl sites for hydroxylation is 1. The predicted molar refractivity (Wildman–Crippen MR) is 125 cm³/mol. The molecule has 2 amide bonds. The van der Waals surface area contributed by atoms with Crippen LogP contribution in [0, 0.1) is 0 Å². The van der Waals surface area contributed by atoms with Gasteiger partial charge in [-0.25, -0.2) is 4.79 Å². The second kappa shape index (κ2) is 10.1. The number of thiophene rings is 1. The molecule has 0 spiro atoms. The highest BCUT2D eigenvalue weighted by molar-refractivity contribution is 8.00. The molecule has 3 aromatic rings. The highest BCUT2D eigenvalue weighted by Gasteiger charge is 2.26. The smallest absolute Gasteiger partial charge is 0.341 e. The molecule has 1 aromatic carbocycles. The Morgan fingerprint density at radius 1 is 1.12 bits per heavy atom. The number of thioether (sulfide) groups is 1. The molecule has 2 N–H and O–H groups in total. The van der Waals surface area contributed by atoms with Crippen LogP contribution in [-0.4, -0.2) is 30.6 Å². The molecule has 0 fully saturated rings. The van der Waals surface area contributed by atoms with Gasteiger partial charge in [-0.05, 0) is 61.6 Å². The molecular formula is C23H22N2O5S2. The summed E-state index contributed by atoms with van der Waals surface area (Å²) in [7, 11) is 1.36. The van der Waals surface area contributed by atoms with Crippen LogP contribution >= 0.6 is 23.1 Å². The normalized spacial score (nSPS) is 12.7. The lowest BCUT2D eigenvalue weighted by Gasteiger charge is -2.11. The fourth-order valence-corrected chi connectivity index (χ4v) is 5.60. The van der Waals surface area contributed by atoms with Crippen molar-refractivity contribution in [1.82, 2.24) is 0 Å². The molecular weight excluding hydrogens is 448 g/mol. The predicted octanol–water partition coefficient (Wildman–Crippen LogP) is 4.99. The van der Waals surface area contributed by atoms with Crippen LogP contribution < -0.4 is 10.6 Å². The lowest BCUT2D eigenvalue weighted by Crippen LogP contribution is -2.16. The third kappa shape index (κ3) is 5.05. The molecule has 166 valence electrons. The van der Waals surface area contributed by atoms with E-state index < -0.39 is 5.97 Å². The number of hydrogen-bond donors (Lipinski definition) is 2. The molecule has 0 bridgehead atoms. The van der Waals surface area contributed by atoms with Gasteiger partial charge < -0.3 is 19.8 Å². The fourth-order valence-electron chi connectivity index (χ4n) is 3.55. The van der Waals surface area contributed by atoms with Gasteiger partial charge in [-0.15, -0.1) is 23.1 Å². The summed E-state index contributed by atoms with van der Waals surface area (Å²) in [6, 6.07) is 10.5. The molecule has 32 heavy (non-hydrogen) atoms. The maximum absolute atomic E-state index is 12.6. The van der Waals surface area contributed by atoms with E-state index in [-0.39, 0.29) is 23.3 Å². The van der Waals surface area contributed by atoms with E-state index in [4.69, 9.17) is 9.15 Å². The Labute approximate surface area is 193 Å². The molecule has 9 heteroatoms. The van der Waals surface area contributed by atoms with Crippen molar-refractivity contribution in [3.05, 3.63) is 64.4 Å². The molecule has 0 saturated heterocycles. The van der Waals surface area contributed by atoms with Crippen LogP contribution in [-0.2, 0) is 22.4 Å². The summed E-state index contributed by atoms with van der Waals surface area (Å²) in [5, 5.41) is 6.23. The Hall–Kier alpha value is -3.04. The topological polar surface area (TPSA) is 97.6 Å². The molecule has 0 aliphatic heterocycles. The summed E-state index contributed by atoms with van der Waals surface area (Å²) in [5.74, 6) is -0.566. The van der Waals surface area contributed by atoms with Gasteiger partial charge in [0.25, 0.3) is 5.91 Å². The number of carbonyl (C=O) groups excluding carboxylic acids is 3. The van der Waals surface area contributed by atoms with Gasteiger partial charge in [-0.1, -0.05) is 6.07 Å². The standard InChI is InChI=1S/C23H22N2O5S2/c1-29-23(28)20-16-8-2-3-10-18(16)32-22(20)25-19(26)13-31-15-7-4-6-14(12-15)24-21(27)17-9-5-11-30-17/h4-7,9,11-12H,2-3,8,10,13H2,1H3,(H,24,27)(H,25,26). The number of carbonyl (C=O) groups is 3. The number of amides is 2. The molecule has 0 atom stereocenters. The number of ether oxygens (including phenoxy) is 1. The molecule has 4 rings (SSSR count). The van der Waals surface area contributed by atoms with Crippen LogP contribution in [0.3, 0.4) is 0 Å². The molecule has 1 aliphatic rings. The molecule has 0 unspecified atom stereocenters. The Balaban J connectivity index is 1.39. The average Bonchev–Trinajstić information content (AvgIpc) is 3.45. The lowest BCUT2D eigenvalue weighted by atomic mass is 9.95. The zero-order valence-electron chi connectivity index (χ0n) is 17.4. The van der Waals surface area contributed by atoms with Crippen LogP contribution in [0.15, 0.2) is 52.0 Å². The number of anilines is 2.